The molecule has 68 heavy (non-hydrogen) atoms. The number of hydrogen-bond acceptors (Lipinski definition) is 13. The van der Waals surface area contributed by atoms with Crippen LogP contribution in [0.5, 0.6) is 0 Å². The van der Waals surface area contributed by atoms with Gasteiger partial charge in [0.1, 0.15) is 30.1 Å². The fraction of sp³-hybridized carbons (Fsp3) is 0.759. The summed E-state index contributed by atoms with van der Waals surface area (Å²) in [6, 6.07) is -1.12. The molecular weight excluding hydrogens is 871 g/mol. The van der Waals surface area contributed by atoms with Crippen LogP contribution in [0.2, 0.25) is 0 Å². The van der Waals surface area contributed by atoms with Crippen LogP contribution in [-0.2, 0) is 52.4 Å². The van der Waals surface area contributed by atoms with Crippen LogP contribution in [-0.4, -0.2) is 133 Å². The maximum atomic E-state index is 14.5. The van der Waals surface area contributed by atoms with Gasteiger partial charge in [-0.3, -0.25) is 19.2 Å². The van der Waals surface area contributed by atoms with Crippen molar-refractivity contribution in [3.8, 4) is 0 Å². The van der Waals surface area contributed by atoms with Gasteiger partial charge in [0.2, 0.25) is 5.79 Å². The summed E-state index contributed by atoms with van der Waals surface area (Å²) in [5, 5.41) is 23.5. The van der Waals surface area contributed by atoms with Gasteiger partial charge in [-0.05, 0) is 113 Å². The molecule has 3 fully saturated rings. The molecule has 4 aliphatic rings. The van der Waals surface area contributed by atoms with Gasteiger partial charge in [0, 0.05) is 65.1 Å². The Morgan fingerprint density at radius 2 is 1.59 bits per heavy atom. The number of ketones is 3. The molecule has 2 N–H and O–H groups in total. The highest BCUT2D eigenvalue weighted by molar-refractivity contribution is 6.39. The summed E-state index contributed by atoms with van der Waals surface area (Å²) >= 11 is 0. The second kappa shape index (κ2) is 27.3. The molecule has 0 spiro atoms. The Hall–Kier alpha value is -3.37. The van der Waals surface area contributed by atoms with Crippen molar-refractivity contribution in [1.82, 2.24) is 4.90 Å². The molecule has 2 saturated heterocycles. The maximum Gasteiger partial charge on any atom is 0.329 e. The van der Waals surface area contributed by atoms with Gasteiger partial charge in [0.05, 0.1) is 24.4 Å². The van der Waals surface area contributed by atoms with Crippen LogP contribution in [0.25, 0.3) is 0 Å². The van der Waals surface area contributed by atoms with E-state index in [2.05, 4.69) is 6.92 Å². The van der Waals surface area contributed by atoms with Gasteiger partial charge in [-0.15, -0.1) is 0 Å². The van der Waals surface area contributed by atoms with Gasteiger partial charge in [-0.1, -0.05) is 78.0 Å². The molecule has 1 amide bonds. The lowest BCUT2D eigenvalue weighted by atomic mass is 9.78. The van der Waals surface area contributed by atoms with Crippen LogP contribution in [0.15, 0.2) is 47.6 Å². The Morgan fingerprint density at radius 3 is 2.26 bits per heavy atom. The molecule has 0 aromatic carbocycles. The number of hydrogen-bond donors (Lipinski definition) is 2. The number of cyclic esters (lactones) is 1. The largest absolute Gasteiger partial charge is 0.460 e. The SMILES string of the molecule is CCCO[C@@H]1CC[C@@H](C[C@@H](C)[C@@H]2CC(=O)[C@H](C)/C=C(\C)[C@@H](O)[C@@H](OC)C(=O)[C@H](C)C[C@@H](C)\C=C/C=C/C=C(\C)[C@@H](OC)C[C@@H]3CC[C@@H](C)[C@@](O)(O3)C(=O)C(=O)N3CCCC[C@H]3C(=O)O2)C[C@H]1OC. The third-order valence-electron chi connectivity index (χ3n) is 15.0. The zero-order valence-electron chi connectivity index (χ0n) is 43.0. The van der Waals surface area contributed by atoms with Crippen molar-refractivity contribution in [1.29, 1.82) is 0 Å². The quantitative estimate of drug-likeness (QED) is 0.131. The first kappa shape index (κ1) is 57.2. The number of aliphatic hydroxyl groups excluding tert-OH is 1. The second-order valence-electron chi connectivity index (χ2n) is 20.4. The van der Waals surface area contributed by atoms with Crippen LogP contribution in [0.4, 0.5) is 0 Å². The van der Waals surface area contributed by atoms with Crippen molar-refractivity contribution in [2.75, 3.05) is 34.5 Å². The number of carbonyl (C=O) groups is 5. The second-order valence-corrected chi connectivity index (χ2v) is 20.4. The number of amides is 1. The van der Waals surface area contributed by atoms with Crippen molar-refractivity contribution in [3.05, 3.63) is 47.6 Å². The molecule has 0 aromatic heterocycles. The Bertz CT molecular complexity index is 1810. The molecule has 1 saturated carbocycles. The van der Waals surface area contributed by atoms with Crippen LogP contribution >= 0.6 is 0 Å². The van der Waals surface area contributed by atoms with Gasteiger partial charge in [0.15, 0.2) is 5.78 Å². The van der Waals surface area contributed by atoms with E-state index in [1.807, 2.05) is 58.1 Å². The first-order valence-electron chi connectivity index (χ1n) is 25.4. The highest BCUT2D eigenvalue weighted by Gasteiger charge is 2.53. The number of ether oxygens (including phenoxy) is 6. The minimum absolute atomic E-state index is 0.0147. The van der Waals surface area contributed by atoms with E-state index in [4.69, 9.17) is 28.4 Å². The predicted molar refractivity (Wildman–Crippen MR) is 259 cm³/mol. The van der Waals surface area contributed by atoms with Gasteiger partial charge in [0.25, 0.3) is 11.7 Å². The average Bonchev–Trinajstić information content (AvgIpc) is 3.32. The lowest BCUT2D eigenvalue weighted by Crippen LogP contribution is -2.61. The monoisotopic (exact) mass is 956 g/mol. The number of Topliss-reactive ketones (excluding diaryl/α,β-unsaturated/α-hetero) is 3. The molecule has 15 atom stereocenters. The van der Waals surface area contributed by atoms with Crippen molar-refractivity contribution in [2.45, 2.75) is 193 Å². The highest BCUT2D eigenvalue weighted by Crippen LogP contribution is 2.38. The minimum Gasteiger partial charge on any atom is -0.460 e. The lowest BCUT2D eigenvalue weighted by Gasteiger charge is -2.42. The molecule has 1 aliphatic carbocycles. The number of esters is 1. The summed E-state index contributed by atoms with van der Waals surface area (Å²) in [6.07, 6.45) is 13.7. The standard InChI is InChI=1S/C54H85NO13/c1-12-26-66-44-24-22-40(30-47(44)64-10)29-36(5)46-32-43(56)35(4)28-38(7)49(58)50(65-11)48(57)37(6)27-33(2)18-14-13-15-19-34(3)45(63-9)31-41-23-21-39(8)54(62,68-41)51(59)52(60)55-25-17-16-20-42(55)53(61)67-46/h13-15,18-19,28,33,35-37,39-42,44-47,49-50,58,62H,12,16-17,20-27,29-32H2,1-11H3/b15-13+,18-14-,34-19+,38-28+/t33-,35+,36+,37+,39+,40-,41-,42-,44+,45-,46-,47+,49+,50-,54+/m0/s1. The van der Waals surface area contributed by atoms with E-state index in [1.54, 1.807) is 41.1 Å². The third kappa shape index (κ3) is 15.3. The molecule has 0 unspecified atom stereocenters. The number of carbonyl (C=O) groups excluding carboxylic acids is 5. The number of aliphatic hydroxyl groups is 2. The van der Waals surface area contributed by atoms with E-state index in [9.17, 15) is 34.2 Å². The van der Waals surface area contributed by atoms with E-state index in [-0.39, 0.29) is 60.9 Å². The average molecular weight is 956 g/mol. The van der Waals surface area contributed by atoms with Gasteiger partial charge < -0.3 is 43.5 Å². The van der Waals surface area contributed by atoms with Crippen molar-refractivity contribution in [2.24, 2.45) is 35.5 Å². The maximum absolute atomic E-state index is 14.5. The van der Waals surface area contributed by atoms with E-state index < -0.39 is 77.8 Å². The molecule has 3 aliphatic heterocycles. The van der Waals surface area contributed by atoms with E-state index >= 15 is 0 Å². The fourth-order valence-electron chi connectivity index (χ4n) is 10.6. The Labute approximate surface area is 406 Å². The molecule has 14 heteroatoms. The summed E-state index contributed by atoms with van der Waals surface area (Å²) in [5.41, 5.74) is 1.29. The smallest absolute Gasteiger partial charge is 0.329 e. The summed E-state index contributed by atoms with van der Waals surface area (Å²) in [5.74, 6) is -7.71. The summed E-state index contributed by atoms with van der Waals surface area (Å²) in [7, 11) is 4.66. The number of methoxy groups -OCH3 is 3. The van der Waals surface area contributed by atoms with E-state index in [0.717, 1.165) is 31.3 Å². The molecule has 0 aromatic rings. The van der Waals surface area contributed by atoms with Gasteiger partial charge in [-0.25, -0.2) is 4.79 Å². The van der Waals surface area contributed by atoms with Crippen molar-refractivity contribution < 1.29 is 62.6 Å². The number of piperidine rings is 1. The lowest BCUT2D eigenvalue weighted by molar-refractivity contribution is -0.265. The third-order valence-corrected chi connectivity index (χ3v) is 15.0. The fourth-order valence-corrected chi connectivity index (χ4v) is 10.6. The first-order valence-corrected chi connectivity index (χ1v) is 25.4. The number of nitrogens with zero attached hydrogens (tertiary/aromatic N) is 1. The molecule has 14 nitrogen and oxygen atoms in total. The van der Waals surface area contributed by atoms with Crippen LogP contribution in [0, 0.1) is 35.5 Å². The number of fused-ring (bicyclic) bond motifs is 3. The van der Waals surface area contributed by atoms with Crippen molar-refractivity contribution in [3.63, 3.8) is 0 Å². The van der Waals surface area contributed by atoms with E-state index in [1.165, 1.54) is 12.0 Å². The summed E-state index contributed by atoms with van der Waals surface area (Å²) < 4.78 is 35.9. The molecule has 3 heterocycles. The zero-order valence-corrected chi connectivity index (χ0v) is 43.0. The molecule has 384 valence electrons. The Balaban J connectivity index is 1.70. The molecule has 0 radical (unpaired) electrons. The van der Waals surface area contributed by atoms with Crippen LogP contribution in [0.1, 0.15) is 139 Å². The Morgan fingerprint density at radius 1 is 0.853 bits per heavy atom. The number of allylic oxidation sites excluding steroid dienone is 6. The predicted octanol–water partition coefficient (Wildman–Crippen LogP) is 7.61. The number of rotatable bonds is 9. The highest BCUT2D eigenvalue weighted by atomic mass is 16.6. The molecule has 4 rings (SSSR count). The first-order chi connectivity index (χ1) is 32.3. The summed E-state index contributed by atoms with van der Waals surface area (Å²) in [4.78, 5) is 72.2. The van der Waals surface area contributed by atoms with Gasteiger partial charge >= 0.3 is 5.97 Å². The van der Waals surface area contributed by atoms with Crippen molar-refractivity contribution >= 4 is 29.2 Å². The molecule has 2 bridgehead atoms. The Kier molecular flexibility index (Phi) is 23.0. The van der Waals surface area contributed by atoms with Crippen LogP contribution < -0.4 is 0 Å². The topological polar surface area (TPSA) is 184 Å². The summed E-state index contributed by atoms with van der Waals surface area (Å²) in [6.45, 7) is 15.6. The van der Waals surface area contributed by atoms with Gasteiger partial charge in [-0.2, -0.15) is 0 Å². The normalized spacial score (nSPS) is 39.2. The minimum atomic E-state index is -2.42. The zero-order chi connectivity index (χ0) is 50.3. The van der Waals surface area contributed by atoms with Crippen LogP contribution in [0.3, 0.4) is 0 Å². The van der Waals surface area contributed by atoms with E-state index in [0.29, 0.717) is 57.1 Å². The molecular formula is C54H85NO13.